The Bertz CT molecular complexity index is 312. The van der Waals surface area contributed by atoms with E-state index in [1.54, 1.807) is 4.90 Å². The van der Waals surface area contributed by atoms with Crippen molar-refractivity contribution in [2.24, 2.45) is 0 Å². The molecule has 5 heteroatoms. The summed E-state index contributed by atoms with van der Waals surface area (Å²) in [6.07, 6.45) is 0.711. The van der Waals surface area contributed by atoms with E-state index in [0.29, 0.717) is 26.1 Å². The van der Waals surface area contributed by atoms with E-state index in [4.69, 9.17) is 9.47 Å². The first-order chi connectivity index (χ1) is 7.80. The summed E-state index contributed by atoms with van der Waals surface area (Å²) < 4.78 is 10.9. The largest absolute Gasteiger partial charge is 0.444 e. The predicted molar refractivity (Wildman–Crippen MR) is 61.7 cm³/mol. The molecule has 0 radical (unpaired) electrons. The van der Waals surface area contributed by atoms with Crippen molar-refractivity contribution < 1.29 is 19.4 Å². The van der Waals surface area contributed by atoms with Crippen LogP contribution >= 0.6 is 0 Å². The zero-order valence-electron chi connectivity index (χ0n) is 10.7. The number of hydrogen-bond acceptors (Lipinski definition) is 4. The van der Waals surface area contributed by atoms with Gasteiger partial charge in [-0.05, 0) is 27.2 Å². The Morgan fingerprint density at radius 1 is 1.53 bits per heavy atom. The van der Waals surface area contributed by atoms with Gasteiger partial charge in [0.15, 0.2) is 0 Å². The molecule has 2 atom stereocenters. The van der Waals surface area contributed by atoms with Crippen LogP contribution in [0.2, 0.25) is 0 Å². The van der Waals surface area contributed by atoms with Crippen LogP contribution in [0.4, 0.5) is 4.79 Å². The number of likely N-dealkylation sites (tertiary alicyclic amines) is 1. The van der Waals surface area contributed by atoms with E-state index >= 15 is 0 Å². The molecule has 2 aliphatic heterocycles. The third-order valence-electron chi connectivity index (χ3n) is 3.16. The minimum Gasteiger partial charge on any atom is -0.444 e. The molecule has 2 saturated heterocycles. The maximum absolute atomic E-state index is 11.9. The van der Waals surface area contributed by atoms with E-state index in [2.05, 4.69) is 0 Å². The third-order valence-corrected chi connectivity index (χ3v) is 3.16. The first-order valence-corrected chi connectivity index (χ1v) is 6.10. The molecule has 0 bridgehead atoms. The van der Waals surface area contributed by atoms with Gasteiger partial charge >= 0.3 is 6.09 Å². The molecule has 17 heavy (non-hydrogen) atoms. The smallest absolute Gasteiger partial charge is 0.410 e. The van der Waals surface area contributed by atoms with Crippen molar-refractivity contribution in [2.45, 2.75) is 50.9 Å². The van der Waals surface area contributed by atoms with Crippen LogP contribution in [-0.2, 0) is 9.47 Å². The molecule has 2 fully saturated rings. The molecule has 2 heterocycles. The zero-order chi connectivity index (χ0) is 12.7. The maximum atomic E-state index is 11.9. The van der Waals surface area contributed by atoms with Crippen molar-refractivity contribution in [2.75, 3.05) is 19.7 Å². The van der Waals surface area contributed by atoms with Gasteiger partial charge in [0.1, 0.15) is 5.60 Å². The Labute approximate surface area is 102 Å². The fourth-order valence-electron chi connectivity index (χ4n) is 2.43. The lowest BCUT2D eigenvalue weighted by molar-refractivity contribution is -0.00116. The van der Waals surface area contributed by atoms with Gasteiger partial charge in [0.05, 0.1) is 24.9 Å². The summed E-state index contributed by atoms with van der Waals surface area (Å²) in [5.41, 5.74) is -0.806. The van der Waals surface area contributed by atoms with E-state index < -0.39 is 11.7 Å². The Hall–Kier alpha value is -0.810. The van der Waals surface area contributed by atoms with Gasteiger partial charge in [-0.15, -0.1) is 0 Å². The number of amides is 1. The standard InChI is InChI=1S/C12H21NO4/c1-11(2,3)17-10(15)13-5-4-12(8-13)6-9(14)7-16-12/h9,14H,4-8H2,1-3H3/t9-,12-/m1/s1. The molecular weight excluding hydrogens is 222 g/mol. The second-order valence-corrected chi connectivity index (χ2v) is 6.00. The van der Waals surface area contributed by atoms with Gasteiger partial charge in [-0.25, -0.2) is 4.79 Å². The summed E-state index contributed by atoms with van der Waals surface area (Å²) >= 11 is 0. The molecule has 98 valence electrons. The maximum Gasteiger partial charge on any atom is 0.410 e. The van der Waals surface area contributed by atoms with E-state index in [0.717, 1.165) is 6.42 Å². The highest BCUT2D eigenvalue weighted by molar-refractivity contribution is 5.68. The first kappa shape index (κ1) is 12.6. The molecule has 0 aromatic heterocycles. The van der Waals surface area contributed by atoms with Gasteiger partial charge < -0.3 is 19.5 Å². The molecule has 0 aliphatic carbocycles. The molecular formula is C12H21NO4. The lowest BCUT2D eigenvalue weighted by Gasteiger charge is -2.26. The number of aliphatic hydroxyl groups excluding tert-OH is 1. The van der Waals surface area contributed by atoms with E-state index in [9.17, 15) is 9.90 Å². The first-order valence-electron chi connectivity index (χ1n) is 6.10. The van der Waals surface area contributed by atoms with Gasteiger partial charge in [-0.1, -0.05) is 0 Å². The third kappa shape index (κ3) is 2.90. The highest BCUT2D eigenvalue weighted by Crippen LogP contribution is 2.35. The number of nitrogens with zero attached hydrogens (tertiary/aromatic N) is 1. The van der Waals surface area contributed by atoms with E-state index in [1.165, 1.54) is 0 Å². The minimum absolute atomic E-state index is 0.292. The Kier molecular flexibility index (Phi) is 3.08. The van der Waals surface area contributed by atoms with E-state index in [-0.39, 0.29) is 11.7 Å². The van der Waals surface area contributed by atoms with Crippen molar-refractivity contribution in [3.05, 3.63) is 0 Å². The van der Waals surface area contributed by atoms with Crippen LogP contribution in [0, 0.1) is 0 Å². The van der Waals surface area contributed by atoms with Gasteiger partial charge in [-0.3, -0.25) is 0 Å². The van der Waals surface area contributed by atoms with Crippen molar-refractivity contribution in [1.82, 2.24) is 4.90 Å². The van der Waals surface area contributed by atoms with Crippen LogP contribution in [0.15, 0.2) is 0 Å². The molecule has 1 N–H and O–H groups in total. The fourth-order valence-corrected chi connectivity index (χ4v) is 2.43. The quantitative estimate of drug-likeness (QED) is 0.693. The van der Waals surface area contributed by atoms with Crippen molar-refractivity contribution >= 4 is 6.09 Å². The predicted octanol–water partition coefficient (Wildman–Crippen LogP) is 1.15. The van der Waals surface area contributed by atoms with E-state index in [1.807, 2.05) is 20.8 Å². The topological polar surface area (TPSA) is 59.0 Å². The summed E-state index contributed by atoms with van der Waals surface area (Å²) in [5, 5.41) is 9.51. The van der Waals surface area contributed by atoms with Crippen molar-refractivity contribution in [1.29, 1.82) is 0 Å². The Morgan fingerprint density at radius 2 is 2.24 bits per heavy atom. The summed E-state index contributed by atoms with van der Waals surface area (Å²) in [6.45, 7) is 7.11. The van der Waals surface area contributed by atoms with Crippen LogP contribution in [0.5, 0.6) is 0 Å². The number of rotatable bonds is 0. The molecule has 1 amide bonds. The summed E-state index contributed by atoms with van der Waals surface area (Å²) in [4.78, 5) is 13.5. The van der Waals surface area contributed by atoms with Gasteiger partial charge in [0.25, 0.3) is 0 Å². The molecule has 0 unspecified atom stereocenters. The summed E-state index contributed by atoms with van der Waals surface area (Å²) in [7, 11) is 0. The Morgan fingerprint density at radius 3 is 2.76 bits per heavy atom. The Balaban J connectivity index is 1.92. The summed E-state index contributed by atoms with van der Waals surface area (Å²) in [5.74, 6) is 0. The average molecular weight is 243 g/mol. The second-order valence-electron chi connectivity index (χ2n) is 6.00. The normalized spacial score (nSPS) is 33.4. The number of aliphatic hydroxyl groups is 1. The van der Waals surface area contributed by atoms with Crippen LogP contribution in [0.3, 0.4) is 0 Å². The monoisotopic (exact) mass is 243 g/mol. The lowest BCUT2D eigenvalue weighted by Crippen LogP contribution is -2.39. The van der Waals surface area contributed by atoms with Crippen molar-refractivity contribution in [3.8, 4) is 0 Å². The number of ether oxygens (including phenoxy) is 2. The van der Waals surface area contributed by atoms with Gasteiger partial charge in [-0.2, -0.15) is 0 Å². The summed E-state index contributed by atoms with van der Waals surface area (Å²) in [6, 6.07) is 0. The fraction of sp³-hybridized carbons (Fsp3) is 0.917. The molecule has 2 aliphatic rings. The van der Waals surface area contributed by atoms with Crippen LogP contribution in [0.25, 0.3) is 0 Å². The number of carbonyl (C=O) groups is 1. The van der Waals surface area contributed by atoms with Gasteiger partial charge in [0, 0.05) is 13.0 Å². The second kappa shape index (κ2) is 4.14. The molecule has 0 saturated carbocycles. The van der Waals surface area contributed by atoms with Crippen LogP contribution in [0.1, 0.15) is 33.6 Å². The minimum atomic E-state index is -0.469. The zero-order valence-corrected chi connectivity index (χ0v) is 10.7. The average Bonchev–Trinajstić information content (AvgIpc) is 2.72. The van der Waals surface area contributed by atoms with Crippen LogP contribution < -0.4 is 0 Å². The molecule has 0 aromatic rings. The highest BCUT2D eigenvalue weighted by Gasteiger charge is 2.47. The molecule has 5 nitrogen and oxygen atoms in total. The molecule has 1 spiro atoms. The van der Waals surface area contributed by atoms with Crippen molar-refractivity contribution in [3.63, 3.8) is 0 Å². The highest BCUT2D eigenvalue weighted by atomic mass is 16.6. The lowest BCUT2D eigenvalue weighted by atomic mass is 9.98. The SMILES string of the molecule is CC(C)(C)OC(=O)N1CC[C@@]2(C[C@@H](O)CO2)C1. The number of carbonyl (C=O) groups excluding carboxylic acids is 1. The molecule has 0 aromatic carbocycles. The van der Waals surface area contributed by atoms with Crippen LogP contribution in [-0.4, -0.2) is 53.1 Å². The molecule has 2 rings (SSSR count). The van der Waals surface area contributed by atoms with Gasteiger partial charge in [0.2, 0.25) is 0 Å². The number of hydrogen-bond donors (Lipinski definition) is 1.